The van der Waals surface area contributed by atoms with Gasteiger partial charge < -0.3 is 20.1 Å². The monoisotopic (exact) mass is 458 g/mol. The first-order valence-corrected chi connectivity index (χ1v) is 11.7. The predicted octanol–water partition coefficient (Wildman–Crippen LogP) is 3.92. The van der Waals surface area contributed by atoms with Crippen LogP contribution in [0, 0.1) is 5.92 Å². The number of esters is 1. The average molecular weight is 459 g/mol. The van der Waals surface area contributed by atoms with Gasteiger partial charge in [-0.1, -0.05) is 39.3 Å². The minimum absolute atomic E-state index is 0.0110. The Bertz CT molecular complexity index is 908. The van der Waals surface area contributed by atoms with Gasteiger partial charge in [0, 0.05) is 23.1 Å². The first-order chi connectivity index (χ1) is 15.5. The largest absolute Gasteiger partial charge is 0.480 e. The maximum Gasteiger partial charge on any atom is 0.339 e. The first-order valence-electron chi connectivity index (χ1n) is 11.7. The lowest BCUT2D eigenvalue weighted by Crippen LogP contribution is -2.44. The van der Waals surface area contributed by atoms with Crippen molar-refractivity contribution in [2.45, 2.75) is 71.8 Å². The fourth-order valence-corrected chi connectivity index (χ4v) is 4.41. The third-order valence-corrected chi connectivity index (χ3v) is 6.78. The number of hydrogen-bond donors (Lipinski definition) is 2. The molecular formula is C26H38N2O5. The molecule has 1 heterocycles. The molecule has 182 valence electrons. The summed E-state index contributed by atoms with van der Waals surface area (Å²) < 4.78 is 5.62. The van der Waals surface area contributed by atoms with E-state index in [1.165, 1.54) is 20.3 Å². The summed E-state index contributed by atoms with van der Waals surface area (Å²) in [5, 5.41) is 11.8. The Morgan fingerprint density at radius 1 is 1.18 bits per heavy atom. The third kappa shape index (κ3) is 6.67. The van der Waals surface area contributed by atoms with Gasteiger partial charge in [0.05, 0.1) is 0 Å². The Morgan fingerprint density at radius 2 is 1.88 bits per heavy atom. The number of likely N-dealkylation sites (N-methyl/N-ethyl adjacent to an activating group) is 1. The maximum absolute atomic E-state index is 12.8. The third-order valence-electron chi connectivity index (χ3n) is 6.78. The molecule has 2 rings (SSSR count). The lowest BCUT2D eigenvalue weighted by Gasteiger charge is -2.35. The van der Waals surface area contributed by atoms with Gasteiger partial charge in [0.1, 0.15) is 11.8 Å². The van der Waals surface area contributed by atoms with Crippen LogP contribution < -0.4 is 10.1 Å². The zero-order valence-electron chi connectivity index (χ0n) is 20.7. The fraction of sp³-hybridized carbons (Fsp3) is 0.577. The molecule has 1 aliphatic heterocycles. The molecule has 1 aliphatic rings. The van der Waals surface area contributed by atoms with Gasteiger partial charge in [-0.2, -0.15) is 0 Å². The number of carboxylic acids is 1. The van der Waals surface area contributed by atoms with Crippen molar-refractivity contribution >= 4 is 17.8 Å². The van der Waals surface area contributed by atoms with E-state index in [0.717, 1.165) is 37.9 Å². The van der Waals surface area contributed by atoms with Crippen molar-refractivity contribution in [3.63, 3.8) is 0 Å². The Labute approximate surface area is 197 Å². The highest BCUT2D eigenvalue weighted by Gasteiger charge is 2.33. The Hall–Kier alpha value is -2.67. The molecular weight excluding hydrogens is 420 g/mol. The summed E-state index contributed by atoms with van der Waals surface area (Å²) in [5.74, 6) is -2.18. The molecule has 1 aromatic rings. The standard InChI is InChI=1S/C26H38N2O5/c1-7-26(13-8-9-14-28(6)16-26)20-11-10-12-21(15-20)33-25(32)19(5)18(4)23(29)27-22(17(2)3)24(30)31/h10-12,15,17,22H,7-9,13-14,16H2,1-6H3,(H,27,29)(H,30,31)/b19-18-/t22-,26?/m0/s1. The Kier molecular flexibility index (Phi) is 9.23. The molecule has 33 heavy (non-hydrogen) atoms. The summed E-state index contributed by atoms with van der Waals surface area (Å²) in [6.07, 6.45) is 4.42. The smallest absolute Gasteiger partial charge is 0.339 e. The summed E-state index contributed by atoms with van der Waals surface area (Å²) >= 11 is 0. The molecule has 7 nitrogen and oxygen atoms in total. The summed E-state index contributed by atoms with van der Waals surface area (Å²) in [6, 6.07) is 6.64. The molecule has 1 unspecified atom stereocenters. The molecule has 2 atom stereocenters. The second-order valence-electron chi connectivity index (χ2n) is 9.53. The number of rotatable bonds is 8. The molecule has 0 radical (unpaired) electrons. The molecule has 1 amide bonds. The van der Waals surface area contributed by atoms with E-state index < -0.39 is 23.9 Å². The zero-order chi connectivity index (χ0) is 24.8. The van der Waals surface area contributed by atoms with E-state index in [1.807, 2.05) is 12.1 Å². The second kappa shape index (κ2) is 11.5. The van der Waals surface area contributed by atoms with E-state index in [0.29, 0.717) is 5.75 Å². The van der Waals surface area contributed by atoms with E-state index in [9.17, 15) is 19.5 Å². The van der Waals surface area contributed by atoms with Crippen LogP contribution in [-0.2, 0) is 19.8 Å². The molecule has 0 saturated carbocycles. The predicted molar refractivity (Wildman–Crippen MR) is 128 cm³/mol. The Morgan fingerprint density at radius 3 is 2.48 bits per heavy atom. The van der Waals surface area contributed by atoms with Crippen LogP contribution in [0.15, 0.2) is 35.4 Å². The number of hydrogen-bond acceptors (Lipinski definition) is 5. The number of carboxylic acid groups (broad SMARTS) is 1. The summed E-state index contributed by atoms with van der Waals surface area (Å²) in [6.45, 7) is 10.7. The second-order valence-corrected chi connectivity index (χ2v) is 9.53. The molecule has 1 saturated heterocycles. The molecule has 1 aromatic carbocycles. The highest BCUT2D eigenvalue weighted by molar-refractivity contribution is 6.03. The number of likely N-dealkylation sites (tertiary alicyclic amines) is 1. The van der Waals surface area contributed by atoms with E-state index in [2.05, 4.69) is 30.3 Å². The highest BCUT2D eigenvalue weighted by atomic mass is 16.5. The molecule has 7 heteroatoms. The number of carbonyl (C=O) groups is 3. The van der Waals surface area contributed by atoms with Gasteiger partial charge in [-0.15, -0.1) is 0 Å². The normalized spacial score (nSPS) is 21.1. The van der Waals surface area contributed by atoms with Crippen LogP contribution in [0.1, 0.15) is 65.9 Å². The van der Waals surface area contributed by atoms with Crippen LogP contribution >= 0.6 is 0 Å². The quantitative estimate of drug-likeness (QED) is 0.348. The van der Waals surface area contributed by atoms with Crippen LogP contribution in [0.2, 0.25) is 0 Å². The van der Waals surface area contributed by atoms with Crippen LogP contribution in [0.3, 0.4) is 0 Å². The van der Waals surface area contributed by atoms with Crippen molar-refractivity contribution in [2.75, 3.05) is 20.1 Å². The van der Waals surface area contributed by atoms with Crippen LogP contribution in [0.25, 0.3) is 0 Å². The van der Waals surface area contributed by atoms with Crippen molar-refractivity contribution in [2.24, 2.45) is 5.92 Å². The van der Waals surface area contributed by atoms with Crippen molar-refractivity contribution in [3.05, 3.63) is 41.0 Å². The van der Waals surface area contributed by atoms with Gasteiger partial charge in [-0.25, -0.2) is 9.59 Å². The fourth-order valence-electron chi connectivity index (χ4n) is 4.41. The average Bonchev–Trinajstić information content (AvgIpc) is 2.97. The number of amides is 1. The van der Waals surface area contributed by atoms with E-state index >= 15 is 0 Å². The number of nitrogens with zero attached hydrogens (tertiary/aromatic N) is 1. The van der Waals surface area contributed by atoms with Crippen molar-refractivity contribution in [3.8, 4) is 5.75 Å². The molecule has 0 aliphatic carbocycles. The van der Waals surface area contributed by atoms with Gasteiger partial charge in [-0.05, 0) is 70.3 Å². The van der Waals surface area contributed by atoms with Gasteiger partial charge in [0.2, 0.25) is 5.91 Å². The number of aliphatic carboxylic acids is 1. The number of benzene rings is 1. The van der Waals surface area contributed by atoms with E-state index in [-0.39, 0.29) is 22.5 Å². The van der Waals surface area contributed by atoms with Crippen LogP contribution in [-0.4, -0.2) is 54.0 Å². The Balaban J connectivity index is 2.21. The lowest BCUT2D eigenvalue weighted by molar-refractivity contribution is -0.142. The minimum atomic E-state index is -1.11. The van der Waals surface area contributed by atoms with Crippen molar-refractivity contribution in [1.29, 1.82) is 0 Å². The zero-order valence-corrected chi connectivity index (χ0v) is 20.7. The van der Waals surface area contributed by atoms with Crippen LogP contribution in [0.4, 0.5) is 0 Å². The summed E-state index contributed by atoms with van der Waals surface area (Å²) in [7, 11) is 2.15. The first kappa shape index (κ1) is 26.6. The summed E-state index contributed by atoms with van der Waals surface area (Å²) in [4.78, 5) is 39.0. The SMILES string of the molecule is CCC1(c2cccc(OC(=O)/C(C)=C(/C)C(=O)N[C@H](C(=O)O)C(C)C)c2)CCCCN(C)C1. The van der Waals surface area contributed by atoms with Gasteiger partial charge in [-0.3, -0.25) is 4.79 Å². The van der Waals surface area contributed by atoms with Crippen molar-refractivity contribution < 1.29 is 24.2 Å². The van der Waals surface area contributed by atoms with E-state index in [1.54, 1.807) is 19.9 Å². The molecule has 0 spiro atoms. The summed E-state index contributed by atoms with van der Waals surface area (Å²) in [5.41, 5.74) is 1.45. The maximum atomic E-state index is 12.8. The van der Waals surface area contributed by atoms with Gasteiger partial charge in [0.25, 0.3) is 0 Å². The molecule has 0 aromatic heterocycles. The topological polar surface area (TPSA) is 95.9 Å². The highest BCUT2D eigenvalue weighted by Crippen LogP contribution is 2.37. The molecule has 0 bridgehead atoms. The molecule has 1 fully saturated rings. The lowest BCUT2D eigenvalue weighted by atomic mass is 9.74. The van der Waals surface area contributed by atoms with Gasteiger partial charge >= 0.3 is 11.9 Å². The molecule has 2 N–H and O–H groups in total. The number of nitrogens with one attached hydrogen (secondary N) is 1. The number of ether oxygens (including phenoxy) is 1. The van der Waals surface area contributed by atoms with Crippen molar-refractivity contribution in [1.82, 2.24) is 10.2 Å². The number of carbonyl (C=O) groups excluding carboxylic acids is 2. The van der Waals surface area contributed by atoms with Crippen LogP contribution in [0.5, 0.6) is 5.75 Å². The van der Waals surface area contributed by atoms with Gasteiger partial charge in [0.15, 0.2) is 0 Å². The van der Waals surface area contributed by atoms with E-state index in [4.69, 9.17) is 4.74 Å². The minimum Gasteiger partial charge on any atom is -0.480 e.